The van der Waals surface area contributed by atoms with Gasteiger partial charge in [-0.15, -0.1) is 0 Å². The zero-order valence-electron chi connectivity index (χ0n) is 20.6. The van der Waals surface area contributed by atoms with E-state index in [0.717, 1.165) is 48.3 Å². The van der Waals surface area contributed by atoms with Crippen LogP contribution in [0.5, 0.6) is 0 Å². The molecule has 1 fully saturated rings. The van der Waals surface area contributed by atoms with E-state index in [1.165, 1.54) is 24.7 Å². The Bertz CT molecular complexity index is 1160. The molecular formula is C28H34N2O3. The molecule has 0 bridgehead atoms. The average Bonchev–Trinajstić information content (AvgIpc) is 3.19. The van der Waals surface area contributed by atoms with Crippen molar-refractivity contribution >= 4 is 18.0 Å². The molecule has 1 aromatic carbocycles. The second-order valence-corrected chi connectivity index (χ2v) is 9.48. The first-order valence-electron chi connectivity index (χ1n) is 11.9. The second-order valence-electron chi connectivity index (χ2n) is 9.48. The Morgan fingerprint density at radius 1 is 0.970 bits per heavy atom. The number of ether oxygens (including phenoxy) is 1. The molecule has 2 aliphatic rings. The third kappa shape index (κ3) is 4.17. The smallest absolute Gasteiger partial charge is 0.340 e. The Labute approximate surface area is 196 Å². The summed E-state index contributed by atoms with van der Waals surface area (Å²) in [7, 11) is 1.37. The summed E-state index contributed by atoms with van der Waals surface area (Å²) in [5.41, 5.74) is 8.12. The lowest BCUT2D eigenvalue weighted by Crippen LogP contribution is -2.37. The van der Waals surface area contributed by atoms with Crippen LogP contribution >= 0.6 is 0 Å². The van der Waals surface area contributed by atoms with Gasteiger partial charge in [0, 0.05) is 28.8 Å². The molecule has 1 aromatic heterocycles. The molecule has 1 amide bonds. The van der Waals surface area contributed by atoms with Crippen LogP contribution in [0, 0.1) is 27.7 Å². The number of allylic oxidation sites excluding steroid dienone is 1. The first-order valence-corrected chi connectivity index (χ1v) is 11.9. The molecule has 1 saturated carbocycles. The van der Waals surface area contributed by atoms with E-state index in [1.807, 2.05) is 17.9 Å². The van der Waals surface area contributed by atoms with Gasteiger partial charge in [-0.3, -0.25) is 4.79 Å². The van der Waals surface area contributed by atoms with Crippen LogP contribution in [-0.4, -0.2) is 34.5 Å². The molecule has 0 atom stereocenters. The Balaban J connectivity index is 1.80. The molecule has 33 heavy (non-hydrogen) atoms. The van der Waals surface area contributed by atoms with Crippen molar-refractivity contribution in [1.82, 2.24) is 9.47 Å². The number of carbonyl (C=O) groups is 2. The molecule has 0 saturated heterocycles. The molecule has 174 valence electrons. The van der Waals surface area contributed by atoms with Crippen LogP contribution in [-0.2, 0) is 14.3 Å². The highest BCUT2D eigenvalue weighted by Gasteiger charge is 2.40. The van der Waals surface area contributed by atoms with Gasteiger partial charge in [-0.05, 0) is 88.4 Å². The molecule has 0 spiro atoms. The van der Waals surface area contributed by atoms with E-state index in [9.17, 15) is 9.59 Å². The maximum absolute atomic E-state index is 13.6. The lowest BCUT2D eigenvalue weighted by molar-refractivity contribution is -0.136. The van der Waals surface area contributed by atoms with Crippen LogP contribution in [0.4, 0.5) is 0 Å². The van der Waals surface area contributed by atoms with E-state index in [1.54, 1.807) is 0 Å². The van der Waals surface area contributed by atoms with Crippen molar-refractivity contribution in [2.75, 3.05) is 7.11 Å². The number of aromatic nitrogens is 1. The van der Waals surface area contributed by atoms with Crippen LogP contribution in [0.15, 0.2) is 41.1 Å². The molecular weight excluding hydrogens is 412 g/mol. The van der Waals surface area contributed by atoms with Gasteiger partial charge in [0.2, 0.25) is 0 Å². The summed E-state index contributed by atoms with van der Waals surface area (Å²) in [6.07, 6.45) is 7.27. The predicted molar refractivity (Wildman–Crippen MR) is 131 cm³/mol. The highest BCUT2D eigenvalue weighted by Crippen LogP contribution is 2.37. The number of hydrogen-bond acceptors (Lipinski definition) is 3. The number of amides is 1. The van der Waals surface area contributed by atoms with E-state index in [2.05, 4.69) is 56.5 Å². The fourth-order valence-corrected chi connectivity index (χ4v) is 5.54. The van der Waals surface area contributed by atoms with Crippen molar-refractivity contribution in [1.29, 1.82) is 0 Å². The minimum absolute atomic E-state index is 0.0870. The number of aryl methyl sites for hydroxylation is 3. The fourth-order valence-electron chi connectivity index (χ4n) is 5.54. The van der Waals surface area contributed by atoms with E-state index < -0.39 is 5.97 Å². The van der Waals surface area contributed by atoms with Gasteiger partial charge in [-0.25, -0.2) is 4.79 Å². The standard InChI is InChI=1S/C28H34N2O3/c1-17-12-18(2)14-24(13-17)29-19(3)15-22(20(29)4)16-25-26(28(32)33-6)21(5)30(27(25)31)23-10-8-7-9-11-23/h12-16,23H,7-11H2,1-6H3/b25-16-. The lowest BCUT2D eigenvalue weighted by Gasteiger charge is -2.32. The molecule has 0 unspecified atom stereocenters. The van der Waals surface area contributed by atoms with Gasteiger partial charge in [0.05, 0.1) is 18.3 Å². The molecule has 5 nitrogen and oxygen atoms in total. The van der Waals surface area contributed by atoms with Crippen LogP contribution in [0.3, 0.4) is 0 Å². The predicted octanol–water partition coefficient (Wildman–Crippen LogP) is 5.72. The third-order valence-electron chi connectivity index (χ3n) is 7.01. The topological polar surface area (TPSA) is 51.5 Å². The molecule has 0 N–H and O–H groups in total. The molecule has 0 radical (unpaired) electrons. The number of rotatable bonds is 4. The van der Waals surface area contributed by atoms with Gasteiger partial charge in [0.25, 0.3) is 5.91 Å². The summed E-state index contributed by atoms with van der Waals surface area (Å²) in [5, 5.41) is 0. The summed E-state index contributed by atoms with van der Waals surface area (Å²) in [6, 6.07) is 8.73. The highest BCUT2D eigenvalue weighted by molar-refractivity contribution is 6.16. The van der Waals surface area contributed by atoms with Gasteiger partial charge in [0.15, 0.2) is 0 Å². The quantitative estimate of drug-likeness (QED) is 0.446. The van der Waals surface area contributed by atoms with E-state index in [0.29, 0.717) is 16.8 Å². The van der Waals surface area contributed by atoms with Gasteiger partial charge < -0.3 is 14.2 Å². The highest BCUT2D eigenvalue weighted by atomic mass is 16.5. The van der Waals surface area contributed by atoms with Crippen LogP contribution in [0.25, 0.3) is 11.8 Å². The van der Waals surface area contributed by atoms with Crippen molar-refractivity contribution in [3.05, 3.63) is 69.2 Å². The lowest BCUT2D eigenvalue weighted by atomic mass is 9.94. The molecule has 1 aliphatic heterocycles. The first-order chi connectivity index (χ1) is 15.7. The van der Waals surface area contributed by atoms with Crippen LogP contribution in [0.1, 0.15) is 67.1 Å². The van der Waals surface area contributed by atoms with Crippen molar-refractivity contribution in [2.24, 2.45) is 0 Å². The number of nitrogens with zero attached hydrogens (tertiary/aromatic N) is 2. The van der Waals surface area contributed by atoms with Crippen molar-refractivity contribution < 1.29 is 14.3 Å². The number of benzene rings is 1. The van der Waals surface area contributed by atoms with Gasteiger partial charge in [0.1, 0.15) is 0 Å². The van der Waals surface area contributed by atoms with E-state index >= 15 is 0 Å². The van der Waals surface area contributed by atoms with Gasteiger partial charge in [-0.1, -0.05) is 25.3 Å². The monoisotopic (exact) mass is 446 g/mol. The Morgan fingerprint density at radius 2 is 1.61 bits per heavy atom. The van der Waals surface area contributed by atoms with Crippen molar-refractivity contribution in [2.45, 2.75) is 72.8 Å². The summed E-state index contributed by atoms with van der Waals surface area (Å²) in [5.74, 6) is -0.537. The molecule has 5 heteroatoms. The summed E-state index contributed by atoms with van der Waals surface area (Å²) >= 11 is 0. The zero-order valence-corrected chi connectivity index (χ0v) is 20.6. The van der Waals surface area contributed by atoms with E-state index in [4.69, 9.17) is 4.74 Å². The minimum atomic E-state index is -0.450. The largest absolute Gasteiger partial charge is 0.465 e. The SMILES string of the molecule is COC(=O)C1=C(C)N(C2CCCCC2)C(=O)/C1=C\c1cc(C)n(-c2cc(C)cc(C)c2)c1C. The molecule has 2 aromatic rings. The van der Waals surface area contributed by atoms with Crippen LogP contribution < -0.4 is 0 Å². The second kappa shape index (κ2) is 9.05. The number of hydrogen-bond donors (Lipinski definition) is 0. The normalized spacial score (nSPS) is 18.5. The molecule has 1 aliphatic carbocycles. The van der Waals surface area contributed by atoms with E-state index in [-0.39, 0.29) is 11.9 Å². The number of carbonyl (C=O) groups excluding carboxylic acids is 2. The van der Waals surface area contributed by atoms with Gasteiger partial charge >= 0.3 is 5.97 Å². The maximum Gasteiger partial charge on any atom is 0.340 e. The molecule has 4 rings (SSSR count). The fraction of sp³-hybridized carbons (Fsp3) is 0.429. The summed E-state index contributed by atoms with van der Waals surface area (Å²) in [6.45, 7) is 10.2. The summed E-state index contributed by atoms with van der Waals surface area (Å²) in [4.78, 5) is 28.2. The van der Waals surface area contributed by atoms with Gasteiger partial charge in [-0.2, -0.15) is 0 Å². The van der Waals surface area contributed by atoms with Crippen LogP contribution in [0.2, 0.25) is 0 Å². The Morgan fingerprint density at radius 3 is 2.21 bits per heavy atom. The van der Waals surface area contributed by atoms with Crippen molar-refractivity contribution in [3.63, 3.8) is 0 Å². The Hall–Kier alpha value is -3.08. The number of methoxy groups -OCH3 is 1. The average molecular weight is 447 g/mol. The number of esters is 1. The van der Waals surface area contributed by atoms with Crippen molar-refractivity contribution in [3.8, 4) is 5.69 Å². The summed E-state index contributed by atoms with van der Waals surface area (Å²) < 4.78 is 7.30. The maximum atomic E-state index is 13.6. The first kappa shape index (κ1) is 23.1. The minimum Gasteiger partial charge on any atom is -0.465 e. The Kier molecular flexibility index (Phi) is 6.33. The zero-order chi connectivity index (χ0) is 23.9. The third-order valence-corrected chi connectivity index (χ3v) is 7.01. The molecule has 2 heterocycles.